The number of nitrogens with one attached hydrogen (secondary N) is 1. The van der Waals surface area contributed by atoms with E-state index in [9.17, 15) is 20.0 Å². The van der Waals surface area contributed by atoms with Crippen LogP contribution in [-0.2, 0) is 4.74 Å². The first-order chi connectivity index (χ1) is 15.6. The van der Waals surface area contributed by atoms with E-state index in [2.05, 4.69) is 0 Å². The van der Waals surface area contributed by atoms with Gasteiger partial charge in [0.15, 0.2) is 0 Å². The molecule has 0 radical (unpaired) electrons. The van der Waals surface area contributed by atoms with Crippen LogP contribution < -0.4 is 10.2 Å². The van der Waals surface area contributed by atoms with Crippen molar-refractivity contribution >= 4 is 29.3 Å². The zero-order valence-electron chi connectivity index (χ0n) is 17.7. The molecule has 170 valence electrons. The van der Waals surface area contributed by atoms with Crippen molar-refractivity contribution in [3.8, 4) is 5.75 Å². The molecule has 2 heterocycles. The Kier molecular flexibility index (Phi) is 6.60. The number of amides is 2. The maximum Gasteiger partial charge on any atom is 0.415 e. The number of hydrogen-bond donors (Lipinski definition) is 3. The number of anilines is 1. The number of hydrogen-bond acceptors (Lipinski definition) is 7. The van der Waals surface area contributed by atoms with Crippen molar-refractivity contribution in [1.29, 1.82) is 0 Å². The van der Waals surface area contributed by atoms with Crippen LogP contribution in [-0.4, -0.2) is 69.0 Å². The van der Waals surface area contributed by atoms with Crippen molar-refractivity contribution < 1.29 is 34.2 Å². The lowest BCUT2D eigenvalue weighted by Crippen LogP contribution is -2.31. The second-order valence-electron chi connectivity index (χ2n) is 7.86. The molecule has 0 unspecified atom stereocenters. The van der Waals surface area contributed by atoms with Crippen molar-refractivity contribution in [3.63, 3.8) is 0 Å². The molecule has 2 amide bonds. The first-order valence-corrected chi connectivity index (χ1v) is 10.8. The Morgan fingerprint density at radius 3 is 2.22 bits per heavy atom. The molecule has 4 rings (SSSR count). The topological polar surface area (TPSA) is 115 Å². The number of likely N-dealkylation sites (tertiary alicyclic amines) is 2. The van der Waals surface area contributed by atoms with Gasteiger partial charge >= 0.3 is 17.9 Å². The minimum atomic E-state index is -0.517. The zero-order chi connectivity index (χ0) is 22.5. The molecule has 3 aliphatic rings. The first kappa shape index (κ1) is 21.7. The Bertz CT molecular complexity index is 975. The van der Waals surface area contributed by atoms with Crippen LogP contribution in [0.5, 0.6) is 5.75 Å². The number of carbonyl (C=O) groups excluding carboxylic acids is 2. The molecule has 1 aromatic rings. The Labute approximate surface area is 185 Å². The molecule has 0 saturated carbocycles. The van der Waals surface area contributed by atoms with Gasteiger partial charge in [0.25, 0.3) is 0 Å². The van der Waals surface area contributed by atoms with Crippen LogP contribution in [0, 0.1) is 0 Å². The fourth-order valence-corrected chi connectivity index (χ4v) is 3.97. The second-order valence-corrected chi connectivity index (χ2v) is 7.86. The smallest absolute Gasteiger partial charge is 0.414 e. The number of para-hydroxylation sites is 1. The third kappa shape index (κ3) is 4.70. The highest BCUT2D eigenvalue weighted by Gasteiger charge is 2.31. The molecule has 10 heteroatoms. The normalized spacial score (nSPS) is 19.6. The highest BCUT2D eigenvalue weighted by atomic mass is 16.6. The van der Waals surface area contributed by atoms with Crippen molar-refractivity contribution in [2.24, 2.45) is 0 Å². The van der Waals surface area contributed by atoms with E-state index >= 15 is 0 Å². The average Bonchev–Trinajstić information content (AvgIpc) is 3.53. The van der Waals surface area contributed by atoms with Crippen molar-refractivity contribution in [1.82, 2.24) is 9.80 Å². The fourth-order valence-electron chi connectivity index (χ4n) is 3.97. The molecule has 0 spiro atoms. The SMILES string of the molecule is O=C(OC1=CC=C/C(=[N+](\O)c2c(NO)cccc2OC(=O)N2CCCC2)C1)N1CCCC1. The van der Waals surface area contributed by atoms with Gasteiger partial charge in [-0.3, -0.25) is 15.9 Å². The molecule has 2 aliphatic heterocycles. The molecular weight excluding hydrogens is 416 g/mol. The highest BCUT2D eigenvalue weighted by Crippen LogP contribution is 2.35. The van der Waals surface area contributed by atoms with Gasteiger partial charge in [-0.25, -0.2) is 9.59 Å². The van der Waals surface area contributed by atoms with Crippen LogP contribution in [0.3, 0.4) is 0 Å². The number of rotatable bonds is 4. The third-order valence-electron chi connectivity index (χ3n) is 5.67. The summed E-state index contributed by atoms with van der Waals surface area (Å²) in [6.45, 7) is 2.58. The average molecular weight is 443 g/mol. The number of carbonyl (C=O) groups is 2. The molecule has 2 fully saturated rings. The highest BCUT2D eigenvalue weighted by molar-refractivity contribution is 5.95. The first-order valence-electron chi connectivity index (χ1n) is 10.8. The van der Waals surface area contributed by atoms with Crippen LogP contribution in [0.15, 0.2) is 42.2 Å². The molecule has 10 nitrogen and oxygen atoms in total. The Morgan fingerprint density at radius 2 is 1.59 bits per heavy atom. The van der Waals surface area contributed by atoms with Gasteiger partial charge in [-0.1, -0.05) is 12.1 Å². The minimum absolute atomic E-state index is 0.0642. The summed E-state index contributed by atoms with van der Waals surface area (Å²) in [7, 11) is 0. The number of nitrogens with zero attached hydrogens (tertiary/aromatic N) is 3. The predicted octanol–water partition coefficient (Wildman–Crippen LogP) is 3.63. The molecule has 1 aromatic carbocycles. The van der Waals surface area contributed by atoms with Gasteiger partial charge in [0, 0.05) is 37.0 Å². The Morgan fingerprint density at radius 1 is 0.969 bits per heavy atom. The molecule has 1 aliphatic carbocycles. The quantitative estimate of drug-likeness (QED) is 0.370. The molecular formula is C22H27N4O6+. The van der Waals surface area contributed by atoms with Crippen LogP contribution >= 0.6 is 0 Å². The van der Waals surface area contributed by atoms with Crippen LogP contribution in [0.4, 0.5) is 21.0 Å². The number of ether oxygens (including phenoxy) is 2. The van der Waals surface area contributed by atoms with E-state index in [1.165, 1.54) is 12.1 Å². The van der Waals surface area contributed by atoms with Crippen molar-refractivity contribution in [3.05, 3.63) is 42.2 Å². The lowest BCUT2D eigenvalue weighted by atomic mass is 10.1. The van der Waals surface area contributed by atoms with E-state index in [0.29, 0.717) is 37.6 Å². The lowest BCUT2D eigenvalue weighted by molar-refractivity contribution is -0.712. The molecule has 2 saturated heterocycles. The maximum atomic E-state index is 12.5. The predicted molar refractivity (Wildman–Crippen MR) is 115 cm³/mol. The van der Waals surface area contributed by atoms with Gasteiger partial charge in [0.1, 0.15) is 11.4 Å². The van der Waals surface area contributed by atoms with Crippen LogP contribution in [0.2, 0.25) is 0 Å². The van der Waals surface area contributed by atoms with Crippen molar-refractivity contribution in [2.75, 3.05) is 31.7 Å². The lowest BCUT2D eigenvalue weighted by Gasteiger charge is -2.17. The van der Waals surface area contributed by atoms with Gasteiger partial charge in [-0.05, 0) is 43.9 Å². The van der Waals surface area contributed by atoms with Crippen molar-refractivity contribution in [2.45, 2.75) is 32.1 Å². The summed E-state index contributed by atoms with van der Waals surface area (Å²) in [5, 5.41) is 20.6. The van der Waals surface area contributed by atoms with Crippen LogP contribution in [0.25, 0.3) is 0 Å². The second kappa shape index (κ2) is 9.73. The summed E-state index contributed by atoms with van der Waals surface area (Å²) in [4.78, 5) is 28.0. The number of benzene rings is 1. The van der Waals surface area contributed by atoms with Gasteiger partial charge in [-0.2, -0.15) is 0 Å². The summed E-state index contributed by atoms with van der Waals surface area (Å²) in [6.07, 6.45) is 7.91. The van der Waals surface area contributed by atoms with E-state index < -0.39 is 12.2 Å². The van der Waals surface area contributed by atoms with E-state index in [0.717, 1.165) is 30.4 Å². The van der Waals surface area contributed by atoms with Gasteiger partial charge in [0.05, 0.1) is 6.42 Å². The molecule has 0 atom stereocenters. The fraction of sp³-hybridized carbons (Fsp3) is 0.409. The van der Waals surface area contributed by atoms with Gasteiger partial charge < -0.3 is 19.3 Å². The van der Waals surface area contributed by atoms with E-state index in [-0.39, 0.29) is 23.5 Å². The summed E-state index contributed by atoms with van der Waals surface area (Å²) in [5.41, 5.74) is 2.61. The minimum Gasteiger partial charge on any atom is -0.414 e. The summed E-state index contributed by atoms with van der Waals surface area (Å²) in [5.74, 6) is 0.456. The molecule has 3 N–H and O–H groups in total. The Hall–Kier alpha value is -3.53. The summed E-state index contributed by atoms with van der Waals surface area (Å²) in [6, 6.07) is 4.65. The maximum absolute atomic E-state index is 12.5. The van der Waals surface area contributed by atoms with Gasteiger partial charge in [0.2, 0.25) is 11.5 Å². The van der Waals surface area contributed by atoms with E-state index in [1.54, 1.807) is 34.1 Å². The zero-order valence-corrected chi connectivity index (χ0v) is 17.7. The standard InChI is InChI=1S/C22H27N4O6/c27-21(24-11-1-2-12-24)31-17-8-5-7-16(15-17)26(30)20-18(23-29)9-6-10-19(20)32-22(28)25-13-3-4-14-25/h5-10,23,29-30H,1-4,11-15H2/q+1/b26-16+. The Balaban J connectivity index is 1.56. The third-order valence-corrected chi connectivity index (χ3v) is 5.67. The summed E-state index contributed by atoms with van der Waals surface area (Å²) < 4.78 is 11.8. The summed E-state index contributed by atoms with van der Waals surface area (Å²) >= 11 is 0. The van der Waals surface area contributed by atoms with E-state index in [1.807, 2.05) is 5.48 Å². The largest absolute Gasteiger partial charge is 0.415 e. The molecule has 0 aromatic heterocycles. The molecule has 0 bridgehead atoms. The van der Waals surface area contributed by atoms with Crippen LogP contribution in [0.1, 0.15) is 32.1 Å². The van der Waals surface area contributed by atoms with E-state index in [4.69, 9.17) is 9.47 Å². The monoisotopic (exact) mass is 443 g/mol. The molecule has 32 heavy (non-hydrogen) atoms. The number of allylic oxidation sites excluding steroid dienone is 4. The van der Waals surface area contributed by atoms with Gasteiger partial charge in [-0.15, -0.1) is 0 Å².